The molecule has 9 nitrogen and oxygen atoms in total. The van der Waals surface area contributed by atoms with Crippen LogP contribution in [-0.4, -0.2) is 89.6 Å². The lowest BCUT2D eigenvalue weighted by atomic mass is 9.99. The Morgan fingerprint density at radius 1 is 0.471 bits per heavy atom. The highest BCUT2D eigenvalue weighted by molar-refractivity contribution is 5.69. The molecule has 0 radical (unpaired) electrons. The number of carbonyl (C=O) groups is 1. The molecule has 4 N–H and O–H groups in total. The molecule has 0 spiro atoms. The molecule has 6 unspecified atom stereocenters. The van der Waals surface area contributed by atoms with Crippen molar-refractivity contribution >= 4 is 5.97 Å². The summed E-state index contributed by atoms with van der Waals surface area (Å²) in [5.41, 5.74) is 0. The first kappa shape index (κ1) is 65.4. The summed E-state index contributed by atoms with van der Waals surface area (Å²) in [4.78, 5) is 12.9. The fourth-order valence-electron chi connectivity index (χ4n) is 8.37. The van der Waals surface area contributed by atoms with Gasteiger partial charge in [0.1, 0.15) is 30.5 Å². The first-order chi connectivity index (χ1) is 34.4. The van der Waals surface area contributed by atoms with E-state index in [-0.39, 0.29) is 19.2 Å². The molecule has 404 valence electrons. The molecule has 0 aromatic rings. The number of carbonyl (C=O) groups excluding carboxylic acids is 1. The second-order valence-corrected chi connectivity index (χ2v) is 19.4. The molecular weight excluding hydrogens is 877 g/mol. The van der Waals surface area contributed by atoms with Crippen LogP contribution in [0.1, 0.15) is 232 Å². The topological polar surface area (TPSA) is 135 Å². The minimum absolute atomic E-state index is 0.121. The van der Waals surface area contributed by atoms with E-state index >= 15 is 0 Å². The molecule has 1 aliphatic rings. The second kappa shape index (κ2) is 51.3. The lowest BCUT2D eigenvalue weighted by molar-refractivity contribution is -0.305. The van der Waals surface area contributed by atoms with E-state index < -0.39 is 43.4 Å². The van der Waals surface area contributed by atoms with Gasteiger partial charge in [-0.05, 0) is 89.9 Å². The normalized spacial score (nSPS) is 19.5. The number of ether oxygens (including phenoxy) is 4. The van der Waals surface area contributed by atoms with E-state index in [1.165, 1.54) is 135 Å². The van der Waals surface area contributed by atoms with E-state index in [9.17, 15) is 25.2 Å². The summed E-state index contributed by atoms with van der Waals surface area (Å²) in [5, 5.41) is 40.4. The van der Waals surface area contributed by atoms with Gasteiger partial charge >= 0.3 is 5.97 Å². The minimum Gasteiger partial charge on any atom is -0.457 e. The molecule has 1 heterocycles. The highest BCUT2D eigenvalue weighted by Gasteiger charge is 2.44. The maximum Gasteiger partial charge on any atom is 0.306 e. The number of allylic oxidation sites excluding steroid dienone is 14. The summed E-state index contributed by atoms with van der Waals surface area (Å²) >= 11 is 0. The van der Waals surface area contributed by atoms with Crippen molar-refractivity contribution in [3.63, 3.8) is 0 Å². The van der Waals surface area contributed by atoms with Crippen LogP contribution in [0.2, 0.25) is 0 Å². The van der Waals surface area contributed by atoms with Crippen LogP contribution in [0.5, 0.6) is 0 Å². The summed E-state index contributed by atoms with van der Waals surface area (Å²) < 4.78 is 23.0. The fraction of sp³-hybridized carbons (Fsp3) is 0.754. The SMILES string of the molecule is CC/C=C\C/C=C\C/C=C\C/C=C\CCCCCCCCCCCOCC(COC1OC(CO)C(O)C(O)C1O)OC(=O)CCCCCCCCCCCC/C=C\C/C=C\C/C=C\CCCCCCC. The Bertz CT molecular complexity index is 1350. The number of aliphatic hydroxyl groups is 4. The molecule has 6 atom stereocenters. The van der Waals surface area contributed by atoms with Gasteiger partial charge < -0.3 is 39.4 Å². The van der Waals surface area contributed by atoms with Crippen LogP contribution in [0.4, 0.5) is 0 Å². The van der Waals surface area contributed by atoms with Gasteiger partial charge in [0.05, 0.1) is 19.8 Å². The quantitative estimate of drug-likeness (QED) is 0.0267. The number of unbranched alkanes of at least 4 members (excludes halogenated alkanes) is 24. The van der Waals surface area contributed by atoms with Crippen molar-refractivity contribution < 1.29 is 44.2 Å². The molecule has 0 bridgehead atoms. The Morgan fingerprint density at radius 3 is 1.31 bits per heavy atom. The third-order valence-electron chi connectivity index (χ3n) is 12.8. The number of rotatable bonds is 49. The van der Waals surface area contributed by atoms with E-state index in [2.05, 4.69) is 98.9 Å². The smallest absolute Gasteiger partial charge is 0.306 e. The monoisotopic (exact) mass is 983 g/mol. The molecule has 0 aromatic heterocycles. The van der Waals surface area contributed by atoms with Crippen molar-refractivity contribution in [2.45, 2.75) is 269 Å². The summed E-state index contributed by atoms with van der Waals surface area (Å²) in [6.07, 6.45) is 63.3. The van der Waals surface area contributed by atoms with Gasteiger partial charge in [-0.25, -0.2) is 0 Å². The minimum atomic E-state index is -1.54. The third kappa shape index (κ3) is 40.9. The van der Waals surface area contributed by atoms with E-state index in [1.807, 2.05) is 0 Å². The largest absolute Gasteiger partial charge is 0.457 e. The average molecular weight is 984 g/mol. The molecular formula is C61H106O9. The first-order valence-corrected chi connectivity index (χ1v) is 28.7. The van der Waals surface area contributed by atoms with Crippen LogP contribution in [0.15, 0.2) is 85.1 Å². The van der Waals surface area contributed by atoms with Gasteiger partial charge in [-0.3, -0.25) is 4.79 Å². The second-order valence-electron chi connectivity index (χ2n) is 19.4. The predicted molar refractivity (Wildman–Crippen MR) is 293 cm³/mol. The van der Waals surface area contributed by atoms with E-state index in [0.29, 0.717) is 13.0 Å². The van der Waals surface area contributed by atoms with Crippen LogP contribution in [0.3, 0.4) is 0 Å². The van der Waals surface area contributed by atoms with Crippen LogP contribution in [0.25, 0.3) is 0 Å². The molecule has 70 heavy (non-hydrogen) atoms. The molecule has 1 saturated heterocycles. The van der Waals surface area contributed by atoms with Gasteiger partial charge in [0, 0.05) is 13.0 Å². The highest BCUT2D eigenvalue weighted by atomic mass is 16.7. The standard InChI is InChI=1S/C61H106O9/c1-3-5-7-9-11-13-15-17-19-21-23-25-27-28-29-30-32-34-36-38-40-42-44-46-48-50-57(63)69-55(54-68-61-60(66)59(65)58(64)56(52-62)70-61)53-67-51-49-47-45-43-41-39-37-35-33-31-26-24-22-20-18-16-14-12-10-8-6-4-2/h6,8,12,14-15,17-18,20-21,23-24,26-28,55-56,58-62,64-66H,3-5,7,9-11,13,16,19,22,25,29-54H2,1-2H3/b8-6-,14-12-,17-15-,20-18-,23-21-,26-24-,28-27-. The molecule has 0 aromatic carbocycles. The number of hydrogen-bond acceptors (Lipinski definition) is 9. The van der Waals surface area contributed by atoms with Crippen LogP contribution in [0, 0.1) is 0 Å². The third-order valence-corrected chi connectivity index (χ3v) is 12.8. The van der Waals surface area contributed by atoms with Gasteiger partial charge in [-0.2, -0.15) is 0 Å². The maximum absolute atomic E-state index is 12.9. The summed E-state index contributed by atoms with van der Waals surface area (Å²) in [6.45, 7) is 4.43. The van der Waals surface area contributed by atoms with Gasteiger partial charge in [-0.1, -0.05) is 221 Å². The van der Waals surface area contributed by atoms with Crippen LogP contribution >= 0.6 is 0 Å². The Kier molecular flexibility index (Phi) is 47.9. The molecule has 0 amide bonds. The highest BCUT2D eigenvalue weighted by Crippen LogP contribution is 2.23. The van der Waals surface area contributed by atoms with Crippen molar-refractivity contribution in [2.75, 3.05) is 26.4 Å². The van der Waals surface area contributed by atoms with E-state index in [0.717, 1.165) is 77.0 Å². The zero-order valence-corrected chi connectivity index (χ0v) is 44.7. The molecule has 0 aliphatic carbocycles. The van der Waals surface area contributed by atoms with Crippen molar-refractivity contribution in [1.29, 1.82) is 0 Å². The zero-order chi connectivity index (χ0) is 50.6. The van der Waals surface area contributed by atoms with Crippen LogP contribution < -0.4 is 0 Å². The molecule has 9 heteroatoms. The molecule has 1 fully saturated rings. The lowest BCUT2D eigenvalue weighted by Crippen LogP contribution is -2.59. The molecule has 0 saturated carbocycles. The van der Waals surface area contributed by atoms with Crippen molar-refractivity contribution in [1.82, 2.24) is 0 Å². The average Bonchev–Trinajstić information content (AvgIpc) is 3.36. The predicted octanol–water partition coefficient (Wildman–Crippen LogP) is 14.9. The van der Waals surface area contributed by atoms with Crippen molar-refractivity contribution in [2.24, 2.45) is 0 Å². The number of hydrogen-bond donors (Lipinski definition) is 4. The van der Waals surface area contributed by atoms with Gasteiger partial charge in [-0.15, -0.1) is 0 Å². The van der Waals surface area contributed by atoms with Gasteiger partial charge in [0.15, 0.2) is 6.29 Å². The Balaban J connectivity index is 2.18. The van der Waals surface area contributed by atoms with Crippen molar-refractivity contribution in [3.8, 4) is 0 Å². The maximum atomic E-state index is 12.9. The van der Waals surface area contributed by atoms with E-state index in [1.54, 1.807) is 0 Å². The molecule has 1 rings (SSSR count). The van der Waals surface area contributed by atoms with E-state index in [4.69, 9.17) is 18.9 Å². The zero-order valence-electron chi connectivity index (χ0n) is 44.7. The summed E-state index contributed by atoms with van der Waals surface area (Å²) in [6, 6.07) is 0. The van der Waals surface area contributed by atoms with Gasteiger partial charge in [0.25, 0.3) is 0 Å². The van der Waals surface area contributed by atoms with Crippen molar-refractivity contribution in [3.05, 3.63) is 85.1 Å². The Labute approximate surface area is 429 Å². The van der Waals surface area contributed by atoms with Gasteiger partial charge in [0.2, 0.25) is 0 Å². The van der Waals surface area contributed by atoms with Crippen LogP contribution in [-0.2, 0) is 23.7 Å². The number of esters is 1. The lowest BCUT2D eigenvalue weighted by Gasteiger charge is -2.39. The summed E-state index contributed by atoms with van der Waals surface area (Å²) in [7, 11) is 0. The Hall–Kier alpha value is -2.63. The number of aliphatic hydroxyl groups excluding tert-OH is 4. The summed E-state index contributed by atoms with van der Waals surface area (Å²) in [5.74, 6) is -0.321. The fourth-order valence-corrected chi connectivity index (χ4v) is 8.37. The molecule has 1 aliphatic heterocycles. The first-order valence-electron chi connectivity index (χ1n) is 28.7. The Morgan fingerprint density at radius 2 is 0.871 bits per heavy atom.